The zero-order chi connectivity index (χ0) is 14.0. The van der Waals surface area contributed by atoms with E-state index in [4.69, 9.17) is 11.6 Å². The number of thiazole rings is 1. The Kier molecular flexibility index (Phi) is 4.60. The second-order valence-corrected chi connectivity index (χ2v) is 6.07. The Labute approximate surface area is 122 Å². The lowest BCUT2D eigenvalue weighted by molar-refractivity contribution is 0.532. The van der Waals surface area contributed by atoms with Gasteiger partial charge in [-0.15, -0.1) is 11.3 Å². The number of halogens is 1. The summed E-state index contributed by atoms with van der Waals surface area (Å²) in [6.45, 7) is 3.96. The van der Waals surface area contributed by atoms with E-state index in [0.717, 1.165) is 40.0 Å². The van der Waals surface area contributed by atoms with E-state index in [2.05, 4.69) is 20.8 Å². The van der Waals surface area contributed by atoms with Gasteiger partial charge in [-0.2, -0.15) is 5.10 Å². The molecule has 19 heavy (non-hydrogen) atoms. The number of aryl methyl sites for hydroxylation is 3. The van der Waals surface area contributed by atoms with Crippen molar-refractivity contribution in [3.63, 3.8) is 0 Å². The second kappa shape index (κ2) is 6.03. The van der Waals surface area contributed by atoms with Gasteiger partial charge >= 0.3 is 0 Å². The summed E-state index contributed by atoms with van der Waals surface area (Å²) < 4.78 is 1.87. The number of hydrogen-bond donors (Lipinski definition) is 1. The number of likely N-dealkylation sites (N-methyl/N-ethyl adjacent to an activating group) is 1. The average molecular weight is 299 g/mol. The van der Waals surface area contributed by atoms with E-state index >= 15 is 0 Å². The fourth-order valence-electron chi connectivity index (χ4n) is 2.12. The first kappa shape index (κ1) is 14.5. The number of nitrogens with zero attached hydrogens (tertiary/aromatic N) is 3. The first-order valence-electron chi connectivity index (χ1n) is 6.27. The van der Waals surface area contributed by atoms with E-state index in [-0.39, 0.29) is 0 Å². The van der Waals surface area contributed by atoms with Gasteiger partial charge < -0.3 is 5.32 Å². The van der Waals surface area contributed by atoms with Gasteiger partial charge in [-0.1, -0.05) is 11.6 Å². The highest BCUT2D eigenvalue weighted by molar-refractivity contribution is 7.09. The number of aromatic nitrogens is 3. The van der Waals surface area contributed by atoms with Crippen LogP contribution >= 0.6 is 22.9 Å². The molecule has 0 radical (unpaired) electrons. The maximum absolute atomic E-state index is 6.30. The smallest absolute Gasteiger partial charge is 0.0943 e. The van der Waals surface area contributed by atoms with E-state index in [1.165, 1.54) is 0 Å². The van der Waals surface area contributed by atoms with E-state index in [0.29, 0.717) is 6.04 Å². The normalized spacial score (nSPS) is 12.9. The number of nitrogens with one attached hydrogen (secondary N) is 1. The van der Waals surface area contributed by atoms with Crippen molar-refractivity contribution in [2.45, 2.75) is 32.7 Å². The van der Waals surface area contributed by atoms with Gasteiger partial charge in [0.15, 0.2) is 0 Å². The van der Waals surface area contributed by atoms with Gasteiger partial charge in [0.2, 0.25) is 0 Å². The van der Waals surface area contributed by atoms with Crippen molar-refractivity contribution in [2.75, 3.05) is 7.05 Å². The molecule has 0 aliphatic heterocycles. The van der Waals surface area contributed by atoms with Crippen LogP contribution < -0.4 is 5.32 Å². The average Bonchev–Trinajstić information content (AvgIpc) is 2.87. The van der Waals surface area contributed by atoms with Crippen molar-refractivity contribution < 1.29 is 0 Å². The van der Waals surface area contributed by atoms with Gasteiger partial charge in [-0.05, 0) is 20.9 Å². The van der Waals surface area contributed by atoms with Crippen molar-refractivity contribution in [1.82, 2.24) is 20.1 Å². The molecule has 0 aromatic carbocycles. The van der Waals surface area contributed by atoms with Gasteiger partial charge in [-0.3, -0.25) is 4.68 Å². The molecular formula is C13H19ClN4S. The minimum atomic E-state index is 0.317. The van der Waals surface area contributed by atoms with Gasteiger partial charge in [0, 0.05) is 37.0 Å². The molecule has 1 unspecified atom stereocenters. The predicted molar refractivity (Wildman–Crippen MR) is 80.1 cm³/mol. The summed E-state index contributed by atoms with van der Waals surface area (Å²) in [5, 5.41) is 11.7. The van der Waals surface area contributed by atoms with Crippen LogP contribution in [-0.4, -0.2) is 27.9 Å². The summed E-state index contributed by atoms with van der Waals surface area (Å²) in [5.74, 6) is 0. The monoisotopic (exact) mass is 298 g/mol. The molecule has 0 bridgehead atoms. The van der Waals surface area contributed by atoms with E-state index < -0.39 is 0 Å². The highest BCUT2D eigenvalue weighted by atomic mass is 35.5. The molecule has 4 nitrogen and oxygen atoms in total. The zero-order valence-electron chi connectivity index (χ0n) is 11.7. The van der Waals surface area contributed by atoms with Gasteiger partial charge in [0.25, 0.3) is 0 Å². The Morgan fingerprint density at radius 1 is 1.42 bits per heavy atom. The van der Waals surface area contributed by atoms with Crippen LogP contribution in [0.1, 0.15) is 22.1 Å². The molecule has 0 amide bonds. The van der Waals surface area contributed by atoms with Crippen LogP contribution in [0.2, 0.25) is 5.02 Å². The fraction of sp³-hybridized carbons (Fsp3) is 0.538. The predicted octanol–water partition coefficient (Wildman–Crippen LogP) is 2.52. The quantitative estimate of drug-likeness (QED) is 0.922. The largest absolute Gasteiger partial charge is 0.316 e. The van der Waals surface area contributed by atoms with Crippen LogP contribution in [0.4, 0.5) is 0 Å². The van der Waals surface area contributed by atoms with Crippen LogP contribution in [0.3, 0.4) is 0 Å². The molecular weight excluding hydrogens is 280 g/mol. The van der Waals surface area contributed by atoms with Crippen molar-refractivity contribution in [2.24, 2.45) is 7.05 Å². The molecule has 0 saturated carbocycles. The third kappa shape index (κ3) is 3.35. The number of rotatable bonds is 5. The van der Waals surface area contributed by atoms with Crippen molar-refractivity contribution in [3.8, 4) is 0 Å². The van der Waals surface area contributed by atoms with Gasteiger partial charge in [0.05, 0.1) is 21.4 Å². The van der Waals surface area contributed by atoms with Gasteiger partial charge in [-0.25, -0.2) is 4.98 Å². The molecule has 1 N–H and O–H groups in total. The molecule has 2 aromatic rings. The first-order valence-corrected chi connectivity index (χ1v) is 7.53. The topological polar surface area (TPSA) is 42.7 Å². The SMILES string of the molecule is CNC(Cc1nc(C)cs1)Cc1c(Cl)c(C)nn1C. The summed E-state index contributed by atoms with van der Waals surface area (Å²) in [4.78, 5) is 4.51. The van der Waals surface area contributed by atoms with Crippen molar-refractivity contribution in [3.05, 3.63) is 32.5 Å². The van der Waals surface area contributed by atoms with Crippen LogP contribution in [-0.2, 0) is 19.9 Å². The minimum Gasteiger partial charge on any atom is -0.316 e. The minimum absolute atomic E-state index is 0.317. The lowest BCUT2D eigenvalue weighted by atomic mass is 10.1. The Hall–Kier alpha value is -0.910. The molecule has 104 valence electrons. The second-order valence-electron chi connectivity index (χ2n) is 4.75. The zero-order valence-corrected chi connectivity index (χ0v) is 13.3. The number of hydrogen-bond acceptors (Lipinski definition) is 4. The Morgan fingerprint density at radius 3 is 2.63 bits per heavy atom. The van der Waals surface area contributed by atoms with Crippen LogP contribution in [0, 0.1) is 13.8 Å². The van der Waals surface area contributed by atoms with Gasteiger partial charge in [0.1, 0.15) is 0 Å². The highest BCUT2D eigenvalue weighted by Gasteiger charge is 2.17. The van der Waals surface area contributed by atoms with Crippen LogP contribution in [0.5, 0.6) is 0 Å². The molecule has 0 fully saturated rings. The molecule has 2 aromatic heterocycles. The summed E-state index contributed by atoms with van der Waals surface area (Å²) in [6.07, 6.45) is 1.76. The van der Waals surface area contributed by atoms with E-state index in [1.807, 2.05) is 32.6 Å². The maximum Gasteiger partial charge on any atom is 0.0943 e. The third-order valence-corrected chi connectivity index (χ3v) is 4.68. The van der Waals surface area contributed by atoms with Crippen LogP contribution in [0.15, 0.2) is 5.38 Å². The lowest BCUT2D eigenvalue weighted by Crippen LogP contribution is -2.30. The van der Waals surface area contributed by atoms with E-state index in [9.17, 15) is 0 Å². The molecule has 0 saturated heterocycles. The molecule has 2 heterocycles. The fourth-order valence-corrected chi connectivity index (χ4v) is 3.21. The van der Waals surface area contributed by atoms with Crippen molar-refractivity contribution >= 4 is 22.9 Å². The third-order valence-electron chi connectivity index (χ3n) is 3.20. The molecule has 6 heteroatoms. The van der Waals surface area contributed by atoms with E-state index in [1.54, 1.807) is 11.3 Å². The van der Waals surface area contributed by atoms with Crippen molar-refractivity contribution in [1.29, 1.82) is 0 Å². The molecule has 0 spiro atoms. The highest BCUT2D eigenvalue weighted by Crippen LogP contribution is 2.22. The first-order chi connectivity index (χ1) is 9.01. The Bertz CT molecular complexity index is 561. The summed E-state index contributed by atoms with van der Waals surface area (Å²) >= 11 is 8.01. The standard InChI is InChI=1S/C13H19ClN4S/c1-8-7-19-12(16-8)6-10(15-3)5-11-13(14)9(2)17-18(11)4/h7,10,15H,5-6H2,1-4H3. The molecule has 2 rings (SSSR count). The summed E-state index contributed by atoms with van der Waals surface area (Å²) in [5.41, 5.74) is 3.05. The summed E-state index contributed by atoms with van der Waals surface area (Å²) in [7, 11) is 3.91. The molecule has 0 aliphatic rings. The summed E-state index contributed by atoms with van der Waals surface area (Å²) in [6, 6.07) is 0.317. The Balaban J connectivity index is 2.10. The lowest BCUT2D eigenvalue weighted by Gasteiger charge is -2.15. The molecule has 0 aliphatic carbocycles. The Morgan fingerprint density at radius 2 is 2.16 bits per heavy atom. The van der Waals surface area contributed by atoms with Crippen LogP contribution in [0.25, 0.3) is 0 Å². The maximum atomic E-state index is 6.30. The molecule has 1 atom stereocenters.